The molecule has 5 heteroatoms. The second kappa shape index (κ2) is 5.35. The van der Waals surface area contributed by atoms with Gasteiger partial charge in [-0.2, -0.15) is 0 Å². The van der Waals surface area contributed by atoms with Gasteiger partial charge in [-0.25, -0.2) is 9.78 Å². The Labute approximate surface area is 107 Å². The second-order valence-electron chi connectivity index (χ2n) is 4.72. The minimum atomic E-state index is -0.349. The lowest BCUT2D eigenvalue weighted by Gasteiger charge is -2.34. The number of pyridine rings is 1. The molecule has 0 aromatic carbocycles. The molecule has 1 N–H and O–H groups in total. The highest BCUT2D eigenvalue weighted by Gasteiger charge is 2.27. The molecule has 0 radical (unpaired) electrons. The monoisotopic (exact) mass is 250 g/mol. The third-order valence-electron chi connectivity index (χ3n) is 3.21. The molecular formula is C13H18N2O3. The molecule has 18 heavy (non-hydrogen) atoms. The molecule has 1 aliphatic heterocycles. The van der Waals surface area contributed by atoms with Gasteiger partial charge in [-0.05, 0) is 31.9 Å². The van der Waals surface area contributed by atoms with Crippen LogP contribution in [0.4, 0.5) is 5.82 Å². The van der Waals surface area contributed by atoms with E-state index in [1.165, 1.54) is 7.11 Å². The normalized spacial score (nSPS) is 18.1. The standard InChI is InChI=1S/C13H18N2O3/c1-13(4-7-18-8-5-13)15-11-9-10(3-6-14-11)12(16)17-2/h3,6,9H,4-5,7-8H2,1-2H3,(H,14,15). The van der Waals surface area contributed by atoms with Gasteiger partial charge in [0.25, 0.3) is 0 Å². The fourth-order valence-corrected chi connectivity index (χ4v) is 2.00. The predicted octanol–water partition coefficient (Wildman–Crippen LogP) is 1.85. The Balaban J connectivity index is 2.11. The highest BCUT2D eigenvalue weighted by Crippen LogP contribution is 2.24. The van der Waals surface area contributed by atoms with Gasteiger partial charge in [0, 0.05) is 24.9 Å². The number of esters is 1. The Bertz CT molecular complexity index is 428. The van der Waals surface area contributed by atoms with Gasteiger partial charge in [-0.1, -0.05) is 0 Å². The van der Waals surface area contributed by atoms with E-state index in [-0.39, 0.29) is 11.5 Å². The third-order valence-corrected chi connectivity index (χ3v) is 3.21. The first-order chi connectivity index (χ1) is 8.63. The smallest absolute Gasteiger partial charge is 0.338 e. The summed E-state index contributed by atoms with van der Waals surface area (Å²) in [6, 6.07) is 3.36. The first-order valence-electron chi connectivity index (χ1n) is 6.03. The van der Waals surface area contributed by atoms with Crippen LogP contribution >= 0.6 is 0 Å². The van der Waals surface area contributed by atoms with Crippen molar-refractivity contribution >= 4 is 11.8 Å². The lowest BCUT2D eigenvalue weighted by molar-refractivity contribution is 0.0599. The molecule has 1 saturated heterocycles. The van der Waals surface area contributed by atoms with E-state index in [9.17, 15) is 4.79 Å². The zero-order valence-electron chi connectivity index (χ0n) is 10.7. The number of ether oxygens (including phenoxy) is 2. The van der Waals surface area contributed by atoms with Crippen molar-refractivity contribution in [2.45, 2.75) is 25.3 Å². The fraction of sp³-hybridized carbons (Fsp3) is 0.538. The molecule has 0 unspecified atom stereocenters. The average molecular weight is 250 g/mol. The van der Waals surface area contributed by atoms with Crippen LogP contribution in [0.5, 0.6) is 0 Å². The summed E-state index contributed by atoms with van der Waals surface area (Å²) >= 11 is 0. The first kappa shape index (κ1) is 12.8. The number of nitrogens with one attached hydrogen (secondary N) is 1. The predicted molar refractivity (Wildman–Crippen MR) is 67.7 cm³/mol. The summed E-state index contributed by atoms with van der Waals surface area (Å²) in [4.78, 5) is 15.7. The van der Waals surface area contributed by atoms with Gasteiger partial charge in [-0.15, -0.1) is 0 Å². The van der Waals surface area contributed by atoms with E-state index in [1.807, 2.05) is 0 Å². The van der Waals surface area contributed by atoms with Crippen molar-refractivity contribution in [3.8, 4) is 0 Å². The molecule has 0 saturated carbocycles. The Hall–Kier alpha value is -1.62. The first-order valence-corrected chi connectivity index (χ1v) is 6.03. The molecule has 0 spiro atoms. The van der Waals surface area contributed by atoms with Crippen LogP contribution in [0.2, 0.25) is 0 Å². The molecule has 5 nitrogen and oxygen atoms in total. The number of hydrogen-bond donors (Lipinski definition) is 1. The van der Waals surface area contributed by atoms with E-state index in [2.05, 4.69) is 17.2 Å². The van der Waals surface area contributed by atoms with Crippen molar-refractivity contribution in [1.29, 1.82) is 0 Å². The number of carbonyl (C=O) groups is 1. The van der Waals surface area contributed by atoms with Crippen molar-refractivity contribution in [3.63, 3.8) is 0 Å². The topological polar surface area (TPSA) is 60.5 Å². The van der Waals surface area contributed by atoms with Crippen LogP contribution in [0, 0.1) is 0 Å². The molecule has 1 aliphatic rings. The maximum Gasteiger partial charge on any atom is 0.338 e. The summed E-state index contributed by atoms with van der Waals surface area (Å²) < 4.78 is 10.0. The molecule has 1 aromatic rings. The summed E-state index contributed by atoms with van der Waals surface area (Å²) in [5, 5.41) is 3.38. The van der Waals surface area contributed by atoms with Gasteiger partial charge in [0.1, 0.15) is 5.82 Å². The third kappa shape index (κ3) is 2.98. The van der Waals surface area contributed by atoms with E-state index in [0.717, 1.165) is 26.1 Å². The number of hydrogen-bond acceptors (Lipinski definition) is 5. The number of rotatable bonds is 3. The quantitative estimate of drug-likeness (QED) is 0.829. The highest BCUT2D eigenvalue weighted by molar-refractivity contribution is 5.90. The molecule has 0 atom stereocenters. The molecular weight excluding hydrogens is 232 g/mol. The van der Waals surface area contributed by atoms with Crippen LogP contribution in [0.15, 0.2) is 18.3 Å². The van der Waals surface area contributed by atoms with Crippen LogP contribution in [0.3, 0.4) is 0 Å². The molecule has 1 fully saturated rings. The average Bonchev–Trinajstić information content (AvgIpc) is 2.38. The number of carbonyl (C=O) groups excluding carboxylic acids is 1. The lowest BCUT2D eigenvalue weighted by Crippen LogP contribution is -2.40. The molecule has 0 aliphatic carbocycles. The van der Waals surface area contributed by atoms with E-state index in [4.69, 9.17) is 9.47 Å². The van der Waals surface area contributed by atoms with Gasteiger partial charge < -0.3 is 14.8 Å². The number of nitrogens with zero attached hydrogens (tertiary/aromatic N) is 1. The Morgan fingerprint density at radius 3 is 2.89 bits per heavy atom. The summed E-state index contributed by atoms with van der Waals surface area (Å²) in [5.41, 5.74) is 0.477. The largest absolute Gasteiger partial charge is 0.465 e. The summed E-state index contributed by atoms with van der Waals surface area (Å²) in [6.45, 7) is 3.64. The van der Waals surface area contributed by atoms with Crippen molar-refractivity contribution in [1.82, 2.24) is 4.98 Å². The van der Waals surface area contributed by atoms with Crippen LogP contribution in [0.1, 0.15) is 30.1 Å². The molecule has 98 valence electrons. The summed E-state index contributed by atoms with van der Waals surface area (Å²) in [7, 11) is 1.37. The van der Waals surface area contributed by atoms with E-state index >= 15 is 0 Å². The summed E-state index contributed by atoms with van der Waals surface area (Å²) in [6.07, 6.45) is 3.46. The Morgan fingerprint density at radius 2 is 2.22 bits per heavy atom. The zero-order chi connectivity index (χ0) is 13.0. The molecule has 2 rings (SSSR count). The van der Waals surface area contributed by atoms with Crippen LogP contribution < -0.4 is 5.32 Å². The van der Waals surface area contributed by atoms with E-state index in [0.29, 0.717) is 11.4 Å². The van der Waals surface area contributed by atoms with Crippen LogP contribution in [-0.2, 0) is 9.47 Å². The number of methoxy groups -OCH3 is 1. The van der Waals surface area contributed by atoms with Gasteiger partial charge >= 0.3 is 5.97 Å². The number of anilines is 1. The maximum atomic E-state index is 11.4. The van der Waals surface area contributed by atoms with Crippen LogP contribution in [0.25, 0.3) is 0 Å². The maximum absolute atomic E-state index is 11.4. The minimum absolute atomic E-state index is 0.0278. The van der Waals surface area contributed by atoms with Crippen molar-refractivity contribution in [2.24, 2.45) is 0 Å². The molecule has 0 amide bonds. The van der Waals surface area contributed by atoms with E-state index in [1.54, 1.807) is 18.3 Å². The summed E-state index contributed by atoms with van der Waals surface area (Å²) in [5.74, 6) is 0.347. The lowest BCUT2D eigenvalue weighted by atomic mass is 9.92. The van der Waals surface area contributed by atoms with Crippen LogP contribution in [-0.4, -0.2) is 36.8 Å². The van der Waals surface area contributed by atoms with Gasteiger partial charge in [0.15, 0.2) is 0 Å². The van der Waals surface area contributed by atoms with Gasteiger partial charge in [-0.3, -0.25) is 0 Å². The van der Waals surface area contributed by atoms with Gasteiger partial charge in [0.05, 0.1) is 12.7 Å². The van der Waals surface area contributed by atoms with Gasteiger partial charge in [0.2, 0.25) is 0 Å². The zero-order valence-corrected chi connectivity index (χ0v) is 10.7. The Morgan fingerprint density at radius 1 is 1.50 bits per heavy atom. The Kier molecular flexibility index (Phi) is 3.81. The molecule has 0 bridgehead atoms. The van der Waals surface area contributed by atoms with Crippen molar-refractivity contribution in [2.75, 3.05) is 25.6 Å². The molecule has 1 aromatic heterocycles. The van der Waals surface area contributed by atoms with Crippen molar-refractivity contribution < 1.29 is 14.3 Å². The molecule has 2 heterocycles. The highest BCUT2D eigenvalue weighted by atomic mass is 16.5. The minimum Gasteiger partial charge on any atom is -0.465 e. The second-order valence-corrected chi connectivity index (χ2v) is 4.72. The number of aromatic nitrogens is 1. The fourth-order valence-electron chi connectivity index (χ4n) is 2.00. The van der Waals surface area contributed by atoms with E-state index < -0.39 is 0 Å². The SMILES string of the molecule is COC(=O)c1ccnc(NC2(C)CCOCC2)c1. The van der Waals surface area contributed by atoms with Crippen molar-refractivity contribution in [3.05, 3.63) is 23.9 Å².